The fourth-order valence-corrected chi connectivity index (χ4v) is 1.89. The summed E-state index contributed by atoms with van der Waals surface area (Å²) in [6.07, 6.45) is 2.14. The van der Waals surface area contributed by atoms with Crippen molar-refractivity contribution in [3.63, 3.8) is 0 Å². The van der Waals surface area contributed by atoms with Gasteiger partial charge in [-0.2, -0.15) is 0 Å². The average Bonchev–Trinajstić information content (AvgIpc) is 2.60. The van der Waals surface area contributed by atoms with Crippen molar-refractivity contribution in [1.29, 1.82) is 0 Å². The molecule has 78 valence electrons. The molecule has 1 heterocycles. The summed E-state index contributed by atoms with van der Waals surface area (Å²) < 4.78 is 5.65. The lowest BCUT2D eigenvalue weighted by Gasteiger charge is -1.98. The number of hydrogen-bond donors (Lipinski definition) is 1. The summed E-state index contributed by atoms with van der Waals surface area (Å²) in [5.74, 6) is -0.223. The highest BCUT2D eigenvalue weighted by Crippen LogP contribution is 2.22. The number of halogens is 1. The number of aromatic amines is 1. The standard InChI is InChI=1S/C11H10BrNO2/c1-15-11(14)4-7-6-13-10-5-8(12)2-3-9(7)10/h2-3,5-6,13H,4H2,1H3. The van der Waals surface area contributed by atoms with E-state index >= 15 is 0 Å². The van der Waals surface area contributed by atoms with Crippen molar-refractivity contribution in [2.75, 3.05) is 7.11 Å². The molecule has 15 heavy (non-hydrogen) atoms. The van der Waals surface area contributed by atoms with Crippen molar-refractivity contribution >= 4 is 32.8 Å². The number of fused-ring (bicyclic) bond motifs is 1. The molecule has 1 N–H and O–H groups in total. The third-order valence-corrected chi connectivity index (χ3v) is 2.79. The number of nitrogens with one attached hydrogen (secondary N) is 1. The number of methoxy groups -OCH3 is 1. The quantitative estimate of drug-likeness (QED) is 0.851. The maximum absolute atomic E-state index is 11.1. The molecule has 2 aromatic rings. The van der Waals surface area contributed by atoms with Crippen LogP contribution in [-0.4, -0.2) is 18.1 Å². The lowest BCUT2D eigenvalue weighted by molar-refractivity contribution is -0.139. The van der Waals surface area contributed by atoms with E-state index in [1.165, 1.54) is 7.11 Å². The maximum atomic E-state index is 11.1. The number of carbonyl (C=O) groups is 1. The Hall–Kier alpha value is -1.29. The van der Waals surface area contributed by atoms with Crippen LogP contribution in [0.25, 0.3) is 10.9 Å². The Labute approximate surface area is 95.6 Å². The van der Waals surface area contributed by atoms with E-state index < -0.39 is 0 Å². The Morgan fingerprint density at radius 1 is 1.53 bits per heavy atom. The molecule has 0 amide bonds. The summed E-state index contributed by atoms with van der Waals surface area (Å²) in [5.41, 5.74) is 1.98. The van der Waals surface area contributed by atoms with E-state index in [-0.39, 0.29) is 5.97 Å². The topological polar surface area (TPSA) is 42.1 Å². The van der Waals surface area contributed by atoms with Crippen molar-refractivity contribution in [2.24, 2.45) is 0 Å². The molecule has 0 aliphatic rings. The zero-order valence-corrected chi connectivity index (χ0v) is 9.80. The van der Waals surface area contributed by atoms with Crippen molar-refractivity contribution in [2.45, 2.75) is 6.42 Å². The number of esters is 1. The molecule has 0 saturated carbocycles. The van der Waals surface area contributed by atoms with Crippen LogP contribution in [0.4, 0.5) is 0 Å². The van der Waals surface area contributed by atoms with Gasteiger partial charge in [-0.1, -0.05) is 22.0 Å². The second-order valence-electron chi connectivity index (χ2n) is 3.26. The summed E-state index contributed by atoms with van der Waals surface area (Å²) in [6.45, 7) is 0. The molecule has 0 fully saturated rings. The smallest absolute Gasteiger partial charge is 0.310 e. The van der Waals surface area contributed by atoms with Crippen LogP contribution < -0.4 is 0 Å². The maximum Gasteiger partial charge on any atom is 0.310 e. The Bertz CT molecular complexity index is 504. The minimum Gasteiger partial charge on any atom is -0.469 e. The molecule has 3 nitrogen and oxygen atoms in total. The summed E-state index contributed by atoms with van der Waals surface area (Å²) in [4.78, 5) is 14.3. The van der Waals surface area contributed by atoms with E-state index in [9.17, 15) is 4.79 Å². The molecule has 0 saturated heterocycles. The Balaban J connectivity index is 2.41. The lowest BCUT2D eigenvalue weighted by Crippen LogP contribution is -2.03. The number of aromatic nitrogens is 1. The number of ether oxygens (including phenoxy) is 1. The van der Waals surface area contributed by atoms with Crippen molar-refractivity contribution in [3.8, 4) is 0 Å². The molecule has 1 aromatic heterocycles. The predicted octanol–water partition coefficient (Wildman–Crippen LogP) is 2.65. The number of hydrogen-bond acceptors (Lipinski definition) is 2. The van der Waals surface area contributed by atoms with Crippen molar-refractivity contribution < 1.29 is 9.53 Å². The highest BCUT2D eigenvalue weighted by atomic mass is 79.9. The van der Waals surface area contributed by atoms with Crippen molar-refractivity contribution in [3.05, 3.63) is 34.4 Å². The first-order valence-electron chi connectivity index (χ1n) is 4.53. The summed E-state index contributed by atoms with van der Waals surface area (Å²) >= 11 is 3.39. The molecular formula is C11H10BrNO2. The summed E-state index contributed by atoms with van der Waals surface area (Å²) in [7, 11) is 1.40. The molecule has 0 radical (unpaired) electrons. The first-order chi connectivity index (χ1) is 7.20. The molecule has 0 atom stereocenters. The van der Waals surface area contributed by atoms with Gasteiger partial charge in [0.1, 0.15) is 0 Å². The monoisotopic (exact) mass is 267 g/mol. The van der Waals surface area contributed by atoms with Crippen LogP contribution >= 0.6 is 15.9 Å². The predicted molar refractivity (Wildman–Crippen MR) is 61.7 cm³/mol. The van der Waals surface area contributed by atoms with Crippen LogP contribution in [0.1, 0.15) is 5.56 Å². The molecule has 0 aliphatic carbocycles. The van der Waals surface area contributed by atoms with Gasteiger partial charge >= 0.3 is 5.97 Å². The average molecular weight is 268 g/mol. The van der Waals surface area contributed by atoms with Crippen LogP contribution in [-0.2, 0) is 16.0 Å². The van der Waals surface area contributed by atoms with E-state index in [0.717, 1.165) is 20.9 Å². The largest absolute Gasteiger partial charge is 0.469 e. The Morgan fingerprint density at radius 2 is 2.33 bits per heavy atom. The van der Waals surface area contributed by atoms with Gasteiger partial charge in [-0.15, -0.1) is 0 Å². The highest BCUT2D eigenvalue weighted by molar-refractivity contribution is 9.10. The van der Waals surface area contributed by atoms with Gasteiger partial charge in [0.05, 0.1) is 13.5 Å². The van der Waals surface area contributed by atoms with Crippen LogP contribution in [0.5, 0.6) is 0 Å². The van der Waals surface area contributed by atoms with Gasteiger partial charge in [0.2, 0.25) is 0 Å². The minimum absolute atomic E-state index is 0.223. The zero-order valence-electron chi connectivity index (χ0n) is 8.21. The van der Waals surface area contributed by atoms with Gasteiger partial charge in [-0.25, -0.2) is 0 Å². The van der Waals surface area contributed by atoms with Gasteiger partial charge in [0.25, 0.3) is 0 Å². The van der Waals surface area contributed by atoms with Gasteiger partial charge in [-0.3, -0.25) is 4.79 Å². The van der Waals surface area contributed by atoms with E-state index in [1.54, 1.807) is 0 Å². The third kappa shape index (κ3) is 2.04. The molecule has 0 aliphatic heterocycles. The van der Waals surface area contributed by atoms with E-state index in [0.29, 0.717) is 6.42 Å². The SMILES string of the molecule is COC(=O)Cc1c[nH]c2cc(Br)ccc12. The molecule has 0 spiro atoms. The summed E-state index contributed by atoms with van der Waals surface area (Å²) in [5, 5.41) is 1.06. The zero-order chi connectivity index (χ0) is 10.8. The molecule has 0 unspecified atom stereocenters. The fourth-order valence-electron chi connectivity index (χ4n) is 1.53. The van der Waals surface area contributed by atoms with Crippen LogP contribution in [0.3, 0.4) is 0 Å². The lowest BCUT2D eigenvalue weighted by atomic mass is 10.1. The number of H-pyrrole nitrogens is 1. The van der Waals surface area contributed by atoms with Gasteiger partial charge < -0.3 is 9.72 Å². The minimum atomic E-state index is -0.223. The molecular weight excluding hydrogens is 258 g/mol. The van der Waals surface area contributed by atoms with Crippen LogP contribution in [0.15, 0.2) is 28.9 Å². The van der Waals surface area contributed by atoms with E-state index in [1.807, 2.05) is 24.4 Å². The number of carbonyl (C=O) groups excluding carboxylic acids is 1. The molecule has 4 heteroatoms. The first kappa shape index (κ1) is 10.2. The third-order valence-electron chi connectivity index (χ3n) is 2.29. The molecule has 1 aromatic carbocycles. The van der Waals surface area contributed by atoms with E-state index in [2.05, 4.69) is 25.7 Å². The number of rotatable bonds is 2. The van der Waals surface area contributed by atoms with Crippen LogP contribution in [0.2, 0.25) is 0 Å². The van der Waals surface area contributed by atoms with Crippen molar-refractivity contribution in [1.82, 2.24) is 4.98 Å². The fraction of sp³-hybridized carbons (Fsp3) is 0.182. The van der Waals surface area contributed by atoms with Gasteiger partial charge in [0.15, 0.2) is 0 Å². The van der Waals surface area contributed by atoms with Gasteiger partial charge in [0, 0.05) is 21.6 Å². The van der Waals surface area contributed by atoms with Crippen LogP contribution in [0, 0.1) is 0 Å². The second-order valence-corrected chi connectivity index (χ2v) is 4.17. The second kappa shape index (κ2) is 4.06. The van der Waals surface area contributed by atoms with Gasteiger partial charge in [-0.05, 0) is 17.7 Å². The Kier molecular flexibility index (Phi) is 2.77. The first-order valence-corrected chi connectivity index (χ1v) is 5.32. The normalized spacial score (nSPS) is 10.5. The molecule has 0 bridgehead atoms. The molecule has 2 rings (SSSR count). The van der Waals surface area contributed by atoms with E-state index in [4.69, 9.17) is 0 Å². The number of benzene rings is 1. The summed E-state index contributed by atoms with van der Waals surface area (Å²) in [6, 6.07) is 5.92. The Morgan fingerprint density at radius 3 is 3.07 bits per heavy atom. The highest BCUT2D eigenvalue weighted by Gasteiger charge is 2.08.